The molecule has 0 aliphatic heterocycles. The second kappa shape index (κ2) is 9.39. The van der Waals surface area contributed by atoms with Gasteiger partial charge in [0.25, 0.3) is 0 Å². The van der Waals surface area contributed by atoms with Gasteiger partial charge in [-0.3, -0.25) is 4.79 Å². The number of carbonyl (C=O) groups is 1. The smallest absolute Gasteiger partial charge is 0.248 e. The molecular formula is C30H25NO4. The van der Waals surface area contributed by atoms with Crippen LogP contribution in [0.15, 0.2) is 95.6 Å². The molecule has 0 unspecified atom stereocenters. The molecular weight excluding hydrogens is 438 g/mol. The second-order valence-corrected chi connectivity index (χ2v) is 8.24. The van der Waals surface area contributed by atoms with Crippen LogP contribution in [-0.2, 0) is 4.79 Å². The highest BCUT2D eigenvalue weighted by Gasteiger charge is 2.17. The zero-order chi connectivity index (χ0) is 24.4. The van der Waals surface area contributed by atoms with Crippen molar-refractivity contribution in [3.05, 3.63) is 96.8 Å². The van der Waals surface area contributed by atoms with Crippen LogP contribution < -0.4 is 14.8 Å². The number of allylic oxidation sites excluding steroid dienone is 1. The van der Waals surface area contributed by atoms with E-state index >= 15 is 0 Å². The van der Waals surface area contributed by atoms with Gasteiger partial charge in [0.05, 0.1) is 20.5 Å². The molecule has 0 atom stereocenters. The highest BCUT2D eigenvalue weighted by atomic mass is 16.5. The quantitative estimate of drug-likeness (QED) is 0.268. The number of para-hydroxylation sites is 1. The van der Waals surface area contributed by atoms with Gasteiger partial charge in [0.2, 0.25) is 5.91 Å². The molecule has 0 saturated heterocycles. The van der Waals surface area contributed by atoms with Crippen molar-refractivity contribution >= 4 is 38.9 Å². The summed E-state index contributed by atoms with van der Waals surface area (Å²) >= 11 is 0. The molecule has 0 spiro atoms. The number of furan rings is 1. The predicted octanol–water partition coefficient (Wildman–Crippen LogP) is 7.31. The molecule has 0 radical (unpaired) electrons. The first-order valence-corrected chi connectivity index (χ1v) is 11.3. The molecule has 1 heterocycles. The maximum absolute atomic E-state index is 13.0. The van der Waals surface area contributed by atoms with Crippen LogP contribution in [0, 0.1) is 0 Å². The van der Waals surface area contributed by atoms with E-state index in [2.05, 4.69) is 5.32 Å². The standard InChI is InChI=1S/C30H25NO4/c1-19(15-30(32)31-26-13-8-10-20-9-4-5-11-21(20)26)23-16-24-25(18-35-29(24)17-28(23)34-3)22-12-6-7-14-27(22)33-2/h4-18H,1-3H3,(H,31,32)/b19-15+. The number of rotatable bonds is 6. The summed E-state index contributed by atoms with van der Waals surface area (Å²) in [7, 11) is 3.26. The van der Waals surface area contributed by atoms with Crippen LogP contribution in [0.1, 0.15) is 12.5 Å². The zero-order valence-electron chi connectivity index (χ0n) is 19.8. The summed E-state index contributed by atoms with van der Waals surface area (Å²) < 4.78 is 17.0. The molecule has 5 rings (SSSR count). The summed E-state index contributed by atoms with van der Waals surface area (Å²) in [5.74, 6) is 1.18. The Balaban J connectivity index is 1.53. The number of methoxy groups -OCH3 is 2. The number of nitrogens with one attached hydrogen (secondary N) is 1. The molecule has 5 heteroatoms. The molecule has 0 saturated carbocycles. The Bertz CT molecular complexity index is 1570. The highest BCUT2D eigenvalue weighted by molar-refractivity contribution is 6.09. The number of carbonyl (C=O) groups excluding carboxylic acids is 1. The van der Waals surface area contributed by atoms with E-state index in [0.717, 1.165) is 49.9 Å². The molecule has 174 valence electrons. The van der Waals surface area contributed by atoms with Gasteiger partial charge in [-0.1, -0.05) is 54.6 Å². The van der Waals surface area contributed by atoms with Gasteiger partial charge in [-0.15, -0.1) is 0 Å². The lowest BCUT2D eigenvalue weighted by atomic mass is 9.98. The van der Waals surface area contributed by atoms with E-state index in [1.807, 2.05) is 85.8 Å². The van der Waals surface area contributed by atoms with Crippen LogP contribution in [0.25, 0.3) is 38.4 Å². The van der Waals surface area contributed by atoms with Crippen molar-refractivity contribution in [2.75, 3.05) is 19.5 Å². The Morgan fingerprint density at radius 1 is 0.829 bits per heavy atom. The van der Waals surface area contributed by atoms with Crippen LogP contribution >= 0.6 is 0 Å². The summed E-state index contributed by atoms with van der Waals surface area (Å²) in [6, 6.07) is 25.5. The molecule has 0 aliphatic carbocycles. The van der Waals surface area contributed by atoms with E-state index in [9.17, 15) is 4.79 Å². The van der Waals surface area contributed by atoms with Gasteiger partial charge in [-0.25, -0.2) is 0 Å². The molecule has 0 fully saturated rings. The Morgan fingerprint density at radius 3 is 2.40 bits per heavy atom. The number of benzene rings is 4. The first-order valence-electron chi connectivity index (χ1n) is 11.3. The van der Waals surface area contributed by atoms with Crippen LogP contribution in [-0.4, -0.2) is 20.1 Å². The molecule has 0 aliphatic rings. The summed E-state index contributed by atoms with van der Waals surface area (Å²) in [6.45, 7) is 1.90. The minimum atomic E-state index is -0.210. The van der Waals surface area contributed by atoms with Gasteiger partial charge in [-0.05, 0) is 36.1 Å². The lowest BCUT2D eigenvalue weighted by Gasteiger charge is -2.11. The average molecular weight is 464 g/mol. The minimum Gasteiger partial charge on any atom is -0.496 e. The van der Waals surface area contributed by atoms with Crippen LogP contribution in [0.3, 0.4) is 0 Å². The van der Waals surface area contributed by atoms with Gasteiger partial charge in [0.1, 0.15) is 17.1 Å². The third kappa shape index (κ3) is 4.24. The molecule has 5 aromatic rings. The van der Waals surface area contributed by atoms with E-state index in [0.29, 0.717) is 11.3 Å². The van der Waals surface area contributed by atoms with E-state index in [4.69, 9.17) is 13.9 Å². The monoisotopic (exact) mass is 463 g/mol. The Morgan fingerprint density at radius 2 is 1.57 bits per heavy atom. The fraction of sp³-hybridized carbons (Fsp3) is 0.100. The van der Waals surface area contributed by atoms with Crippen LogP contribution in [0.2, 0.25) is 0 Å². The fourth-order valence-corrected chi connectivity index (χ4v) is 4.39. The number of anilines is 1. The van der Waals surface area contributed by atoms with Crippen molar-refractivity contribution in [1.82, 2.24) is 0 Å². The molecule has 35 heavy (non-hydrogen) atoms. The molecule has 0 bridgehead atoms. The topological polar surface area (TPSA) is 60.7 Å². The first kappa shape index (κ1) is 22.3. The highest BCUT2D eigenvalue weighted by Crippen LogP contribution is 2.40. The van der Waals surface area contributed by atoms with Crippen LogP contribution in [0.4, 0.5) is 5.69 Å². The van der Waals surface area contributed by atoms with Gasteiger partial charge >= 0.3 is 0 Å². The van der Waals surface area contributed by atoms with E-state index in [1.165, 1.54) is 0 Å². The van der Waals surface area contributed by atoms with Crippen molar-refractivity contribution in [3.63, 3.8) is 0 Å². The predicted molar refractivity (Wildman–Crippen MR) is 141 cm³/mol. The normalized spacial score (nSPS) is 11.6. The first-order chi connectivity index (χ1) is 17.1. The molecule has 5 nitrogen and oxygen atoms in total. The third-order valence-electron chi connectivity index (χ3n) is 6.11. The van der Waals surface area contributed by atoms with Crippen LogP contribution in [0.5, 0.6) is 11.5 Å². The van der Waals surface area contributed by atoms with Crippen molar-refractivity contribution < 1.29 is 18.7 Å². The van der Waals surface area contributed by atoms with Gasteiger partial charge in [0.15, 0.2) is 0 Å². The minimum absolute atomic E-state index is 0.210. The number of fused-ring (bicyclic) bond motifs is 2. The summed E-state index contributed by atoms with van der Waals surface area (Å²) in [5.41, 5.74) is 4.89. The largest absolute Gasteiger partial charge is 0.496 e. The summed E-state index contributed by atoms with van der Waals surface area (Å²) in [6.07, 6.45) is 3.31. The third-order valence-corrected chi connectivity index (χ3v) is 6.11. The fourth-order valence-electron chi connectivity index (χ4n) is 4.39. The number of hydrogen-bond donors (Lipinski definition) is 1. The van der Waals surface area contributed by atoms with E-state index in [1.54, 1.807) is 26.6 Å². The molecule has 1 amide bonds. The number of hydrogen-bond acceptors (Lipinski definition) is 4. The molecule has 4 aromatic carbocycles. The Hall–Kier alpha value is -4.51. The average Bonchev–Trinajstić information content (AvgIpc) is 3.30. The summed E-state index contributed by atoms with van der Waals surface area (Å²) in [5, 5.41) is 5.99. The van der Waals surface area contributed by atoms with Crippen molar-refractivity contribution in [2.24, 2.45) is 0 Å². The lowest BCUT2D eigenvalue weighted by molar-refractivity contribution is -0.111. The SMILES string of the molecule is COc1cc2occ(-c3ccccc3OC)c2cc1/C(C)=C/C(=O)Nc1cccc2ccccc12. The Kier molecular flexibility index (Phi) is 5.98. The van der Waals surface area contributed by atoms with E-state index < -0.39 is 0 Å². The van der Waals surface area contributed by atoms with Gasteiger partial charge in [0, 0.05) is 45.3 Å². The summed E-state index contributed by atoms with van der Waals surface area (Å²) in [4.78, 5) is 13.0. The van der Waals surface area contributed by atoms with Gasteiger partial charge < -0.3 is 19.2 Å². The van der Waals surface area contributed by atoms with Gasteiger partial charge in [-0.2, -0.15) is 0 Å². The number of ether oxygens (including phenoxy) is 2. The Labute approximate surface area is 203 Å². The maximum Gasteiger partial charge on any atom is 0.248 e. The molecule has 1 aromatic heterocycles. The van der Waals surface area contributed by atoms with E-state index in [-0.39, 0.29) is 5.91 Å². The zero-order valence-corrected chi connectivity index (χ0v) is 19.8. The molecule has 1 N–H and O–H groups in total. The van der Waals surface area contributed by atoms with Crippen molar-refractivity contribution in [2.45, 2.75) is 6.92 Å². The lowest BCUT2D eigenvalue weighted by Crippen LogP contribution is -2.09. The second-order valence-electron chi connectivity index (χ2n) is 8.24. The van der Waals surface area contributed by atoms with Crippen molar-refractivity contribution in [3.8, 4) is 22.6 Å². The number of amides is 1. The maximum atomic E-state index is 13.0. The van der Waals surface area contributed by atoms with Crippen molar-refractivity contribution in [1.29, 1.82) is 0 Å².